The maximum atomic E-state index is 13.4. The zero-order valence-electron chi connectivity index (χ0n) is 21.1. The SMILES string of the molecule is [C-]#[N+]C(=C1CCN(C(=O)C(=O)c2c[nH]c3c(-c4ccc(S(N)(=O)=O)cc4)ncc(C)c23)CC1)c1ccccc1. The van der Waals surface area contributed by atoms with Crippen molar-refractivity contribution in [1.29, 1.82) is 0 Å². The van der Waals surface area contributed by atoms with Gasteiger partial charge in [0.15, 0.2) is 5.70 Å². The average Bonchev–Trinajstić information content (AvgIpc) is 3.40. The minimum Gasteiger partial charge on any atom is -0.359 e. The van der Waals surface area contributed by atoms with Crippen molar-refractivity contribution in [3.8, 4) is 11.3 Å². The van der Waals surface area contributed by atoms with Gasteiger partial charge in [0, 0.05) is 36.4 Å². The number of hydrogen-bond acceptors (Lipinski definition) is 5. The summed E-state index contributed by atoms with van der Waals surface area (Å²) in [6.07, 6.45) is 4.19. The van der Waals surface area contributed by atoms with Crippen molar-refractivity contribution in [2.24, 2.45) is 5.14 Å². The van der Waals surface area contributed by atoms with E-state index in [2.05, 4.69) is 14.8 Å². The van der Waals surface area contributed by atoms with Gasteiger partial charge in [-0.2, -0.15) is 0 Å². The number of H-pyrrole nitrogens is 1. The summed E-state index contributed by atoms with van der Waals surface area (Å²) >= 11 is 0. The monoisotopic (exact) mass is 539 g/mol. The molecule has 3 heterocycles. The van der Waals surface area contributed by atoms with Gasteiger partial charge in [0.05, 0.1) is 28.2 Å². The number of sulfonamides is 1. The highest BCUT2D eigenvalue weighted by molar-refractivity contribution is 7.89. The summed E-state index contributed by atoms with van der Waals surface area (Å²) in [5.74, 6) is -1.21. The van der Waals surface area contributed by atoms with Crippen molar-refractivity contribution in [2.75, 3.05) is 13.1 Å². The molecule has 0 bridgehead atoms. The molecular weight excluding hydrogens is 514 g/mol. The molecule has 1 fully saturated rings. The molecule has 0 spiro atoms. The zero-order valence-corrected chi connectivity index (χ0v) is 22.0. The van der Waals surface area contributed by atoms with E-state index in [9.17, 15) is 18.0 Å². The Hall–Kier alpha value is -4.59. The summed E-state index contributed by atoms with van der Waals surface area (Å²) < 4.78 is 23.2. The standard InChI is InChI=1S/C29H25N5O4S/c1-18-16-32-26(20-8-10-22(11-9-20)39(30,37)38)27-24(18)23(17-33-27)28(35)29(36)34-14-12-21(13-15-34)25(31-2)19-6-4-3-5-7-19/h3-11,16-17,33H,12-15H2,1H3,(H2,30,37,38). The first-order chi connectivity index (χ1) is 18.7. The van der Waals surface area contributed by atoms with Crippen molar-refractivity contribution < 1.29 is 18.0 Å². The number of aromatic amines is 1. The number of rotatable bonds is 5. The molecule has 2 aromatic carbocycles. The first-order valence-corrected chi connectivity index (χ1v) is 13.8. The van der Waals surface area contributed by atoms with Gasteiger partial charge in [0.25, 0.3) is 11.7 Å². The third kappa shape index (κ3) is 4.97. The molecule has 3 N–H and O–H groups in total. The molecule has 4 aromatic rings. The second kappa shape index (κ2) is 10.3. The van der Waals surface area contributed by atoms with Gasteiger partial charge in [0.2, 0.25) is 10.0 Å². The lowest BCUT2D eigenvalue weighted by molar-refractivity contribution is -0.126. The minimum absolute atomic E-state index is 0.0191. The van der Waals surface area contributed by atoms with Crippen molar-refractivity contribution >= 4 is 38.3 Å². The van der Waals surface area contributed by atoms with Gasteiger partial charge in [-0.15, -0.1) is 0 Å². The second-order valence-electron chi connectivity index (χ2n) is 9.36. The number of carbonyl (C=O) groups is 2. The largest absolute Gasteiger partial charge is 0.359 e. The number of pyridine rings is 1. The number of benzene rings is 2. The molecule has 2 aromatic heterocycles. The smallest absolute Gasteiger partial charge is 0.295 e. The number of aromatic nitrogens is 2. The van der Waals surface area contributed by atoms with E-state index in [1.807, 2.05) is 37.3 Å². The lowest BCUT2D eigenvalue weighted by atomic mass is 9.97. The maximum Gasteiger partial charge on any atom is 0.295 e. The lowest BCUT2D eigenvalue weighted by Gasteiger charge is -2.28. The van der Waals surface area contributed by atoms with Crippen molar-refractivity contribution in [3.05, 3.63) is 101 Å². The van der Waals surface area contributed by atoms with Gasteiger partial charge < -0.3 is 9.88 Å². The van der Waals surface area contributed by atoms with E-state index in [0.29, 0.717) is 53.8 Å². The summed E-state index contributed by atoms with van der Waals surface area (Å²) in [7, 11) is -3.83. The molecule has 0 aliphatic carbocycles. The summed E-state index contributed by atoms with van der Waals surface area (Å²) in [6, 6.07) is 15.5. The van der Waals surface area contributed by atoms with Crippen LogP contribution in [0.1, 0.15) is 34.3 Å². The quantitative estimate of drug-likeness (QED) is 0.222. The van der Waals surface area contributed by atoms with Crippen molar-refractivity contribution in [1.82, 2.24) is 14.9 Å². The number of nitrogens with one attached hydrogen (secondary N) is 1. The maximum absolute atomic E-state index is 13.4. The number of nitrogens with two attached hydrogens (primary N) is 1. The molecule has 9 nitrogen and oxygen atoms in total. The first kappa shape index (κ1) is 26.0. The highest BCUT2D eigenvalue weighted by Crippen LogP contribution is 2.32. The van der Waals surface area contributed by atoms with Gasteiger partial charge in [0.1, 0.15) is 0 Å². The van der Waals surface area contributed by atoms with Gasteiger partial charge >= 0.3 is 0 Å². The number of ketones is 1. The van der Waals surface area contributed by atoms with Crippen molar-refractivity contribution in [2.45, 2.75) is 24.7 Å². The van der Waals surface area contributed by atoms with E-state index in [1.54, 1.807) is 23.2 Å². The zero-order chi connectivity index (χ0) is 27.7. The molecule has 0 radical (unpaired) electrons. The number of likely N-dealkylation sites (tertiary alicyclic amines) is 1. The third-order valence-electron chi connectivity index (χ3n) is 6.94. The number of aryl methyl sites for hydroxylation is 1. The Bertz CT molecular complexity index is 1770. The summed E-state index contributed by atoms with van der Waals surface area (Å²) in [5.41, 5.74) is 5.15. The fraction of sp³-hybridized carbons (Fsp3) is 0.172. The van der Waals surface area contributed by atoms with Crippen LogP contribution >= 0.6 is 0 Å². The molecular formula is C29H25N5O4S. The number of primary sulfonamides is 1. The predicted octanol–water partition coefficient (Wildman–Crippen LogP) is 4.32. The number of Topliss-reactive ketones (excluding diaryl/α,β-unsaturated/α-hetero) is 1. The van der Waals surface area contributed by atoms with Crippen LogP contribution < -0.4 is 5.14 Å². The highest BCUT2D eigenvalue weighted by atomic mass is 32.2. The Labute approximate surface area is 225 Å². The summed E-state index contributed by atoms with van der Waals surface area (Å²) in [4.78, 5) is 39.5. The van der Waals surface area contributed by atoms with Crippen LogP contribution in [0.5, 0.6) is 0 Å². The van der Waals surface area contributed by atoms with E-state index in [1.165, 1.54) is 18.3 Å². The van der Waals surface area contributed by atoms with Crippen LogP contribution in [0.25, 0.3) is 32.7 Å². The lowest BCUT2D eigenvalue weighted by Crippen LogP contribution is -2.40. The van der Waals surface area contributed by atoms with Gasteiger partial charge in [-0.25, -0.2) is 18.4 Å². The molecule has 39 heavy (non-hydrogen) atoms. The Morgan fingerprint density at radius 3 is 2.33 bits per heavy atom. The fourth-order valence-corrected chi connectivity index (χ4v) is 5.45. The Morgan fingerprint density at radius 1 is 1.05 bits per heavy atom. The Balaban J connectivity index is 1.40. The van der Waals surface area contributed by atoms with Crippen LogP contribution in [0.4, 0.5) is 0 Å². The Kier molecular flexibility index (Phi) is 6.87. The van der Waals surface area contributed by atoms with E-state index in [-0.39, 0.29) is 10.5 Å². The fourth-order valence-electron chi connectivity index (χ4n) is 4.93. The number of fused-ring (bicyclic) bond motifs is 1. The summed E-state index contributed by atoms with van der Waals surface area (Å²) in [5, 5.41) is 5.79. The third-order valence-corrected chi connectivity index (χ3v) is 7.87. The molecule has 196 valence electrons. The average molecular weight is 540 g/mol. The van der Waals surface area contributed by atoms with Gasteiger partial charge in [-0.05, 0) is 43.0 Å². The number of piperidine rings is 1. The van der Waals surface area contributed by atoms with E-state index in [4.69, 9.17) is 11.7 Å². The molecule has 1 amide bonds. The van der Waals surface area contributed by atoms with Crippen LogP contribution in [0, 0.1) is 13.5 Å². The van der Waals surface area contributed by atoms with Crippen LogP contribution in [0.15, 0.2) is 77.5 Å². The van der Waals surface area contributed by atoms with Crippen LogP contribution in [-0.2, 0) is 14.8 Å². The second-order valence-corrected chi connectivity index (χ2v) is 10.9. The number of hydrogen-bond donors (Lipinski definition) is 2. The van der Waals surface area contributed by atoms with Crippen LogP contribution in [0.2, 0.25) is 0 Å². The molecule has 1 aliphatic heterocycles. The number of carbonyl (C=O) groups excluding carboxylic acids is 2. The number of nitrogens with zero attached hydrogens (tertiary/aromatic N) is 3. The van der Waals surface area contributed by atoms with Crippen LogP contribution in [0.3, 0.4) is 0 Å². The molecule has 0 atom stereocenters. The minimum atomic E-state index is -3.83. The molecule has 5 rings (SSSR count). The van der Waals surface area contributed by atoms with Gasteiger partial charge in [-0.1, -0.05) is 48.0 Å². The van der Waals surface area contributed by atoms with E-state index in [0.717, 1.165) is 16.7 Å². The molecule has 1 aliphatic rings. The highest BCUT2D eigenvalue weighted by Gasteiger charge is 2.29. The number of amides is 1. The van der Waals surface area contributed by atoms with E-state index < -0.39 is 21.7 Å². The van der Waals surface area contributed by atoms with Crippen LogP contribution in [-0.4, -0.2) is 48.1 Å². The molecule has 0 saturated carbocycles. The molecule has 10 heteroatoms. The normalized spacial score (nSPS) is 13.8. The Morgan fingerprint density at radius 2 is 1.72 bits per heavy atom. The van der Waals surface area contributed by atoms with Crippen molar-refractivity contribution in [3.63, 3.8) is 0 Å². The first-order valence-electron chi connectivity index (χ1n) is 12.3. The topological polar surface area (TPSA) is 131 Å². The molecule has 1 saturated heterocycles. The summed E-state index contributed by atoms with van der Waals surface area (Å²) in [6.45, 7) is 10.2. The van der Waals surface area contributed by atoms with Gasteiger partial charge in [-0.3, -0.25) is 14.6 Å². The predicted molar refractivity (Wildman–Crippen MR) is 148 cm³/mol. The molecule has 0 unspecified atom stereocenters. The van der Waals surface area contributed by atoms with E-state index >= 15 is 0 Å².